The summed E-state index contributed by atoms with van der Waals surface area (Å²) in [6.07, 6.45) is 6.85. The Hall–Kier alpha value is -3.40. The summed E-state index contributed by atoms with van der Waals surface area (Å²) < 4.78 is 7.85. The van der Waals surface area contributed by atoms with Gasteiger partial charge in [-0.2, -0.15) is 9.61 Å². The summed E-state index contributed by atoms with van der Waals surface area (Å²) in [4.78, 5) is 25.5. The summed E-state index contributed by atoms with van der Waals surface area (Å²) in [6.45, 7) is 3.19. The number of pyridine rings is 1. The molecule has 31 heavy (non-hydrogen) atoms. The zero-order chi connectivity index (χ0) is 21.2. The average Bonchev–Trinajstić information content (AvgIpc) is 3.48. The summed E-state index contributed by atoms with van der Waals surface area (Å²) >= 11 is 3.54. The molecule has 0 aliphatic carbocycles. The van der Waals surface area contributed by atoms with Crippen LogP contribution in [0.4, 0.5) is 11.6 Å². The number of nitrogens with zero attached hydrogens (tertiary/aromatic N) is 6. The Morgan fingerprint density at radius 1 is 1.16 bits per heavy atom. The highest BCUT2D eigenvalue weighted by Crippen LogP contribution is 2.25. The molecule has 1 amide bonds. The van der Waals surface area contributed by atoms with Crippen LogP contribution in [0.1, 0.15) is 16.1 Å². The molecule has 0 bridgehead atoms. The lowest BCUT2D eigenvalue weighted by molar-refractivity contribution is 0.0714. The molecular weight excluding hydrogens is 462 g/mol. The minimum atomic E-state index is -0.0783. The van der Waals surface area contributed by atoms with Crippen LogP contribution < -0.4 is 10.2 Å². The zero-order valence-electron chi connectivity index (χ0n) is 16.6. The number of aromatic nitrogens is 4. The summed E-state index contributed by atoms with van der Waals surface area (Å²) in [6, 6.07) is 9.35. The highest BCUT2D eigenvalue weighted by molar-refractivity contribution is 9.10. The minimum Gasteiger partial charge on any atom is -0.459 e. The second-order valence-corrected chi connectivity index (χ2v) is 8.05. The normalized spacial score (nSPS) is 14.2. The lowest BCUT2D eigenvalue weighted by atomic mass is 10.2. The van der Waals surface area contributed by atoms with Crippen molar-refractivity contribution < 1.29 is 9.21 Å². The predicted octanol–water partition coefficient (Wildman–Crippen LogP) is 3.05. The van der Waals surface area contributed by atoms with Crippen molar-refractivity contribution in [2.75, 3.05) is 36.4 Å². The van der Waals surface area contributed by atoms with E-state index in [-0.39, 0.29) is 5.91 Å². The van der Waals surface area contributed by atoms with Gasteiger partial charge in [0.05, 0.1) is 16.9 Å². The number of carbonyl (C=O) groups excluding carboxylic acids is 1. The van der Waals surface area contributed by atoms with Crippen molar-refractivity contribution >= 4 is 39.1 Å². The molecule has 0 radical (unpaired) electrons. The average molecular weight is 482 g/mol. The maximum absolute atomic E-state index is 12.5. The minimum absolute atomic E-state index is 0.0783. The van der Waals surface area contributed by atoms with Crippen LogP contribution in [0.3, 0.4) is 0 Å². The molecule has 1 saturated heterocycles. The van der Waals surface area contributed by atoms with Gasteiger partial charge in [0.15, 0.2) is 11.4 Å². The first-order valence-electron chi connectivity index (χ1n) is 9.94. The number of carbonyl (C=O) groups is 1. The van der Waals surface area contributed by atoms with Crippen LogP contribution >= 0.6 is 15.9 Å². The Kier molecular flexibility index (Phi) is 5.29. The number of anilines is 2. The second-order valence-electron chi connectivity index (χ2n) is 7.20. The monoisotopic (exact) mass is 481 g/mol. The van der Waals surface area contributed by atoms with Crippen LogP contribution in [0.5, 0.6) is 0 Å². The SMILES string of the molecule is O=C(c1ccco1)N1CCN(c2cc(NCc3cccnc3)n3ncc(Br)c3n2)CC1. The van der Waals surface area contributed by atoms with Crippen molar-refractivity contribution in [1.29, 1.82) is 0 Å². The van der Waals surface area contributed by atoms with E-state index in [2.05, 4.69) is 36.2 Å². The maximum atomic E-state index is 12.5. The van der Waals surface area contributed by atoms with Crippen LogP contribution in [-0.2, 0) is 6.54 Å². The van der Waals surface area contributed by atoms with E-state index in [0.717, 1.165) is 27.3 Å². The first-order chi connectivity index (χ1) is 15.2. The number of halogens is 1. The number of hydrogen-bond donors (Lipinski definition) is 1. The third-order valence-corrected chi connectivity index (χ3v) is 5.79. The molecule has 0 saturated carbocycles. The van der Waals surface area contributed by atoms with Crippen molar-refractivity contribution in [2.24, 2.45) is 0 Å². The molecule has 5 rings (SSSR count). The highest BCUT2D eigenvalue weighted by atomic mass is 79.9. The summed E-state index contributed by atoms with van der Waals surface area (Å²) in [7, 11) is 0. The van der Waals surface area contributed by atoms with Gasteiger partial charge in [0, 0.05) is 51.2 Å². The lowest BCUT2D eigenvalue weighted by Gasteiger charge is -2.35. The number of piperazine rings is 1. The van der Waals surface area contributed by atoms with E-state index in [1.165, 1.54) is 6.26 Å². The number of furan rings is 1. The van der Waals surface area contributed by atoms with Crippen LogP contribution in [0, 0.1) is 0 Å². The van der Waals surface area contributed by atoms with Gasteiger partial charge in [-0.15, -0.1) is 0 Å². The van der Waals surface area contributed by atoms with Crippen molar-refractivity contribution in [3.05, 3.63) is 71.0 Å². The molecular formula is C21H20BrN7O2. The Morgan fingerprint density at radius 2 is 2.03 bits per heavy atom. The van der Waals surface area contributed by atoms with Crippen LogP contribution in [-0.4, -0.2) is 56.6 Å². The summed E-state index contributed by atoms with van der Waals surface area (Å²) in [5.74, 6) is 1.97. The third-order valence-electron chi connectivity index (χ3n) is 5.23. The zero-order valence-corrected chi connectivity index (χ0v) is 18.2. The molecule has 1 N–H and O–H groups in total. The topological polar surface area (TPSA) is 91.8 Å². The second kappa shape index (κ2) is 8.38. The van der Waals surface area contributed by atoms with Gasteiger partial charge in [-0.3, -0.25) is 9.78 Å². The van der Waals surface area contributed by atoms with Crippen molar-refractivity contribution in [3.63, 3.8) is 0 Å². The van der Waals surface area contributed by atoms with E-state index in [1.54, 1.807) is 29.0 Å². The Morgan fingerprint density at radius 3 is 2.77 bits per heavy atom. The van der Waals surface area contributed by atoms with Crippen LogP contribution in [0.15, 0.2) is 64.1 Å². The van der Waals surface area contributed by atoms with E-state index in [4.69, 9.17) is 9.40 Å². The highest BCUT2D eigenvalue weighted by Gasteiger charge is 2.25. The third kappa shape index (κ3) is 3.98. The summed E-state index contributed by atoms with van der Waals surface area (Å²) in [5, 5.41) is 7.87. The van der Waals surface area contributed by atoms with Crippen LogP contribution in [0.2, 0.25) is 0 Å². The molecule has 9 nitrogen and oxygen atoms in total. The van der Waals surface area contributed by atoms with E-state index in [9.17, 15) is 4.79 Å². The fraction of sp³-hybridized carbons (Fsp3) is 0.238. The first kappa shape index (κ1) is 19.6. The fourth-order valence-corrected chi connectivity index (χ4v) is 3.95. The quantitative estimate of drug-likeness (QED) is 0.468. The van der Waals surface area contributed by atoms with Gasteiger partial charge in [-0.05, 0) is 39.7 Å². The largest absolute Gasteiger partial charge is 0.459 e. The van der Waals surface area contributed by atoms with Crippen LogP contribution in [0.25, 0.3) is 5.65 Å². The van der Waals surface area contributed by atoms with E-state index in [1.807, 2.05) is 29.3 Å². The molecule has 4 aromatic rings. The number of nitrogens with one attached hydrogen (secondary N) is 1. The number of amides is 1. The van der Waals surface area contributed by atoms with E-state index < -0.39 is 0 Å². The van der Waals surface area contributed by atoms with Crippen molar-refractivity contribution in [1.82, 2.24) is 24.5 Å². The molecule has 0 unspecified atom stereocenters. The smallest absolute Gasteiger partial charge is 0.289 e. The van der Waals surface area contributed by atoms with Gasteiger partial charge in [-0.1, -0.05) is 6.07 Å². The molecule has 4 aromatic heterocycles. The Bertz CT molecular complexity index is 1190. The Labute approximate surface area is 186 Å². The number of rotatable bonds is 5. The van der Waals surface area contributed by atoms with Gasteiger partial charge >= 0.3 is 0 Å². The number of hydrogen-bond acceptors (Lipinski definition) is 7. The van der Waals surface area contributed by atoms with Gasteiger partial charge in [-0.25, -0.2) is 4.98 Å². The van der Waals surface area contributed by atoms with E-state index >= 15 is 0 Å². The standard InChI is InChI=1S/C21H20BrN7O2/c22-16-14-25-29-18(24-13-15-3-1-5-23-12-15)11-19(26-20(16)29)27-6-8-28(9-7-27)21(30)17-4-2-10-31-17/h1-5,10-12,14,24H,6-9,13H2. The predicted molar refractivity (Wildman–Crippen MR) is 119 cm³/mol. The van der Waals surface area contributed by atoms with Crippen molar-refractivity contribution in [2.45, 2.75) is 6.54 Å². The Balaban J connectivity index is 1.35. The molecule has 1 fully saturated rings. The maximum Gasteiger partial charge on any atom is 0.289 e. The molecule has 10 heteroatoms. The van der Waals surface area contributed by atoms with Gasteiger partial charge in [0.25, 0.3) is 5.91 Å². The van der Waals surface area contributed by atoms with Gasteiger partial charge < -0.3 is 19.5 Å². The van der Waals surface area contributed by atoms with Gasteiger partial charge in [0.2, 0.25) is 0 Å². The lowest BCUT2D eigenvalue weighted by Crippen LogP contribution is -2.49. The molecule has 0 atom stereocenters. The first-order valence-corrected chi connectivity index (χ1v) is 10.7. The molecule has 1 aliphatic heterocycles. The fourth-order valence-electron chi connectivity index (χ4n) is 3.60. The molecule has 0 spiro atoms. The molecule has 0 aromatic carbocycles. The molecule has 5 heterocycles. The van der Waals surface area contributed by atoms with Crippen molar-refractivity contribution in [3.8, 4) is 0 Å². The molecule has 1 aliphatic rings. The summed E-state index contributed by atoms with van der Waals surface area (Å²) in [5.41, 5.74) is 1.81. The van der Waals surface area contributed by atoms with E-state index in [0.29, 0.717) is 38.5 Å². The molecule has 158 valence electrons. The number of fused-ring (bicyclic) bond motifs is 1. The van der Waals surface area contributed by atoms with Gasteiger partial charge in [0.1, 0.15) is 11.6 Å².